The first kappa shape index (κ1) is 30.0. The SMILES string of the molecule is CC(C)NCCNC(=O)CC[C@H](NC(=O)CCCC(=O)C(C)C)C(=O)NCCNC(C)C. The van der Waals surface area contributed by atoms with Crippen LogP contribution in [0.2, 0.25) is 0 Å². The average Bonchev–Trinajstić information content (AvgIpc) is 2.70. The Bertz CT molecular complexity index is 579. The number of ketones is 1. The molecule has 0 bridgehead atoms. The van der Waals surface area contributed by atoms with Gasteiger partial charge in [0.2, 0.25) is 17.7 Å². The lowest BCUT2D eigenvalue weighted by atomic mass is 10.0. The van der Waals surface area contributed by atoms with Crippen LogP contribution in [0.5, 0.6) is 0 Å². The van der Waals surface area contributed by atoms with E-state index in [9.17, 15) is 19.2 Å². The van der Waals surface area contributed by atoms with Gasteiger partial charge in [0.1, 0.15) is 11.8 Å². The third-order valence-electron chi connectivity index (χ3n) is 4.76. The maximum Gasteiger partial charge on any atom is 0.242 e. The summed E-state index contributed by atoms with van der Waals surface area (Å²) in [5.41, 5.74) is 0. The Balaban J connectivity index is 4.61. The Morgan fingerprint density at radius 3 is 1.75 bits per heavy atom. The summed E-state index contributed by atoms with van der Waals surface area (Å²) in [4.78, 5) is 48.8. The smallest absolute Gasteiger partial charge is 0.242 e. The molecule has 0 aromatic heterocycles. The van der Waals surface area contributed by atoms with Gasteiger partial charge in [0.25, 0.3) is 0 Å². The van der Waals surface area contributed by atoms with Crippen molar-refractivity contribution in [3.63, 3.8) is 0 Å². The molecule has 0 aromatic carbocycles. The minimum atomic E-state index is -0.790. The van der Waals surface area contributed by atoms with Gasteiger partial charge in [-0.1, -0.05) is 41.5 Å². The van der Waals surface area contributed by atoms with E-state index in [1.54, 1.807) is 0 Å². The zero-order valence-electron chi connectivity index (χ0n) is 20.8. The van der Waals surface area contributed by atoms with Crippen molar-refractivity contribution in [2.75, 3.05) is 26.2 Å². The van der Waals surface area contributed by atoms with E-state index in [1.807, 2.05) is 41.5 Å². The molecule has 0 aliphatic heterocycles. The number of carbonyl (C=O) groups is 4. The first-order valence-electron chi connectivity index (χ1n) is 11.9. The molecule has 5 N–H and O–H groups in total. The molecule has 9 nitrogen and oxygen atoms in total. The van der Waals surface area contributed by atoms with Gasteiger partial charge in [0, 0.05) is 63.4 Å². The fourth-order valence-electron chi connectivity index (χ4n) is 2.84. The number of amides is 3. The van der Waals surface area contributed by atoms with Crippen molar-refractivity contribution >= 4 is 23.5 Å². The second-order valence-corrected chi connectivity index (χ2v) is 8.99. The van der Waals surface area contributed by atoms with Crippen LogP contribution in [0, 0.1) is 5.92 Å². The molecule has 0 aliphatic carbocycles. The topological polar surface area (TPSA) is 128 Å². The molecule has 9 heteroatoms. The van der Waals surface area contributed by atoms with Crippen molar-refractivity contribution in [2.45, 2.75) is 91.8 Å². The molecule has 1 atom stereocenters. The molecule has 0 unspecified atom stereocenters. The van der Waals surface area contributed by atoms with Gasteiger partial charge in [-0.15, -0.1) is 0 Å². The van der Waals surface area contributed by atoms with Gasteiger partial charge in [-0.3, -0.25) is 19.2 Å². The zero-order chi connectivity index (χ0) is 24.5. The highest BCUT2D eigenvalue weighted by Gasteiger charge is 2.21. The number of hydrogen-bond donors (Lipinski definition) is 5. The Kier molecular flexibility index (Phi) is 16.4. The molecule has 0 fully saturated rings. The first-order valence-corrected chi connectivity index (χ1v) is 11.9. The summed E-state index contributed by atoms with van der Waals surface area (Å²) < 4.78 is 0. The Morgan fingerprint density at radius 2 is 1.22 bits per heavy atom. The van der Waals surface area contributed by atoms with Gasteiger partial charge in [0.05, 0.1) is 0 Å². The minimum Gasteiger partial charge on any atom is -0.355 e. The van der Waals surface area contributed by atoms with Crippen LogP contribution in [0.1, 0.15) is 73.6 Å². The van der Waals surface area contributed by atoms with Gasteiger partial charge < -0.3 is 26.6 Å². The Morgan fingerprint density at radius 1 is 0.656 bits per heavy atom. The summed E-state index contributed by atoms with van der Waals surface area (Å²) in [6, 6.07) is -0.136. The highest BCUT2D eigenvalue weighted by atomic mass is 16.2. The number of carbonyl (C=O) groups excluding carboxylic acids is 4. The highest BCUT2D eigenvalue weighted by molar-refractivity contribution is 5.88. The van der Waals surface area contributed by atoms with Crippen LogP contribution in [0.4, 0.5) is 0 Å². The molecule has 0 saturated heterocycles. The van der Waals surface area contributed by atoms with E-state index in [-0.39, 0.29) is 48.7 Å². The predicted octanol–water partition coefficient (Wildman–Crippen LogP) is 0.875. The summed E-state index contributed by atoms with van der Waals surface area (Å²) in [7, 11) is 0. The molecule has 0 rings (SSSR count). The summed E-state index contributed by atoms with van der Waals surface area (Å²) >= 11 is 0. The number of Topliss-reactive ketones (excluding diaryl/α,β-unsaturated/α-hetero) is 1. The standard InChI is InChI=1S/C23H45N5O4/c1-16(2)20(29)8-7-9-22(31)28-19(23(32)27-15-13-25-18(5)6)10-11-21(30)26-14-12-24-17(3)4/h16-19,24-25H,7-15H2,1-6H3,(H,26,30)(H,27,32)(H,28,31)/t19-/m0/s1. The number of nitrogens with one attached hydrogen (secondary N) is 5. The lowest BCUT2D eigenvalue weighted by Gasteiger charge is -2.19. The van der Waals surface area contributed by atoms with Crippen molar-refractivity contribution < 1.29 is 19.2 Å². The lowest BCUT2D eigenvalue weighted by molar-refractivity contribution is -0.130. The molecule has 0 aromatic rings. The van der Waals surface area contributed by atoms with Crippen molar-refractivity contribution in [1.29, 1.82) is 0 Å². The molecule has 0 saturated carbocycles. The van der Waals surface area contributed by atoms with Gasteiger partial charge in [-0.25, -0.2) is 0 Å². The summed E-state index contributed by atoms with van der Waals surface area (Å²) in [5, 5.41) is 14.8. The van der Waals surface area contributed by atoms with E-state index in [4.69, 9.17) is 0 Å². The summed E-state index contributed by atoms with van der Waals surface area (Å²) in [5.74, 6) is -0.690. The van der Waals surface area contributed by atoms with Gasteiger partial charge >= 0.3 is 0 Å². The van der Waals surface area contributed by atoms with Crippen LogP contribution >= 0.6 is 0 Å². The highest BCUT2D eigenvalue weighted by Crippen LogP contribution is 2.05. The van der Waals surface area contributed by atoms with Crippen LogP contribution in [-0.2, 0) is 19.2 Å². The van der Waals surface area contributed by atoms with E-state index >= 15 is 0 Å². The van der Waals surface area contributed by atoms with Crippen LogP contribution < -0.4 is 26.6 Å². The number of hydrogen-bond acceptors (Lipinski definition) is 6. The van der Waals surface area contributed by atoms with Gasteiger partial charge in [-0.05, 0) is 12.8 Å². The summed E-state index contributed by atoms with van der Waals surface area (Å²) in [6.45, 7) is 14.0. The molecule has 3 amide bonds. The quantitative estimate of drug-likeness (QED) is 0.195. The molecular formula is C23H45N5O4. The van der Waals surface area contributed by atoms with E-state index < -0.39 is 6.04 Å². The van der Waals surface area contributed by atoms with Crippen molar-refractivity contribution in [3.05, 3.63) is 0 Å². The maximum absolute atomic E-state index is 12.6. The van der Waals surface area contributed by atoms with Crippen LogP contribution in [-0.4, -0.2) is 67.8 Å². The molecule has 0 heterocycles. The number of rotatable bonds is 18. The average molecular weight is 456 g/mol. The third-order valence-corrected chi connectivity index (χ3v) is 4.76. The predicted molar refractivity (Wildman–Crippen MR) is 127 cm³/mol. The van der Waals surface area contributed by atoms with E-state index in [1.165, 1.54) is 0 Å². The Hall–Kier alpha value is -2.00. The zero-order valence-corrected chi connectivity index (χ0v) is 20.8. The molecular weight excluding hydrogens is 410 g/mol. The van der Waals surface area contributed by atoms with E-state index in [2.05, 4.69) is 26.6 Å². The van der Waals surface area contributed by atoms with Crippen molar-refractivity contribution in [1.82, 2.24) is 26.6 Å². The minimum absolute atomic E-state index is 0.0507. The van der Waals surface area contributed by atoms with Crippen LogP contribution in [0.15, 0.2) is 0 Å². The monoisotopic (exact) mass is 455 g/mol. The molecule has 0 aliphatic rings. The van der Waals surface area contributed by atoms with Crippen molar-refractivity contribution in [3.8, 4) is 0 Å². The van der Waals surface area contributed by atoms with Gasteiger partial charge in [0.15, 0.2) is 0 Å². The second-order valence-electron chi connectivity index (χ2n) is 8.99. The van der Waals surface area contributed by atoms with E-state index in [0.29, 0.717) is 51.1 Å². The van der Waals surface area contributed by atoms with Crippen LogP contribution in [0.25, 0.3) is 0 Å². The second kappa shape index (κ2) is 17.5. The normalized spacial score (nSPS) is 12.2. The molecule has 32 heavy (non-hydrogen) atoms. The fourth-order valence-corrected chi connectivity index (χ4v) is 2.84. The lowest BCUT2D eigenvalue weighted by Crippen LogP contribution is -2.48. The first-order chi connectivity index (χ1) is 15.0. The summed E-state index contributed by atoms with van der Waals surface area (Å²) in [6.07, 6.45) is 1.30. The fraction of sp³-hybridized carbons (Fsp3) is 0.826. The molecule has 0 spiro atoms. The third kappa shape index (κ3) is 16.7. The Labute approximate surface area is 193 Å². The van der Waals surface area contributed by atoms with Crippen LogP contribution in [0.3, 0.4) is 0 Å². The van der Waals surface area contributed by atoms with Gasteiger partial charge in [-0.2, -0.15) is 0 Å². The largest absolute Gasteiger partial charge is 0.355 e. The van der Waals surface area contributed by atoms with E-state index in [0.717, 1.165) is 0 Å². The van der Waals surface area contributed by atoms with Crippen molar-refractivity contribution in [2.24, 2.45) is 5.92 Å². The maximum atomic E-state index is 12.6. The molecule has 186 valence electrons. The molecule has 0 radical (unpaired) electrons.